The molecule has 0 fully saturated rings. The van der Waals surface area contributed by atoms with Crippen molar-refractivity contribution in [3.63, 3.8) is 0 Å². The topological polar surface area (TPSA) is 75.2 Å². The average Bonchev–Trinajstić information content (AvgIpc) is 2.81. The molecule has 0 aliphatic rings. The minimum absolute atomic E-state index is 0.102. The Morgan fingerprint density at radius 2 is 2.33 bits per heavy atom. The van der Waals surface area contributed by atoms with E-state index in [2.05, 4.69) is 9.97 Å². The summed E-state index contributed by atoms with van der Waals surface area (Å²) in [6.07, 6.45) is 1.45. The molecule has 5 nitrogen and oxygen atoms in total. The molecule has 0 bridgehead atoms. The van der Waals surface area contributed by atoms with Gasteiger partial charge >= 0.3 is 5.97 Å². The van der Waals surface area contributed by atoms with Gasteiger partial charge in [-0.3, -0.25) is 0 Å². The quantitative estimate of drug-likeness (QED) is 0.892. The summed E-state index contributed by atoms with van der Waals surface area (Å²) in [6.45, 7) is 2.41. The number of rotatable bonds is 4. The zero-order valence-electron chi connectivity index (χ0n) is 9.61. The van der Waals surface area contributed by atoms with Gasteiger partial charge in [0, 0.05) is 5.56 Å². The number of nitrogens with zero attached hydrogens (tertiary/aromatic N) is 1. The maximum absolute atomic E-state index is 10.7. The summed E-state index contributed by atoms with van der Waals surface area (Å²) in [4.78, 5) is 17.2. The Morgan fingerprint density at radius 3 is 2.89 bits per heavy atom. The Labute approximate surface area is 108 Å². The maximum atomic E-state index is 10.7. The number of H-pyrrole nitrogens is 1. The van der Waals surface area contributed by atoms with Crippen LogP contribution in [0.4, 0.5) is 0 Å². The molecule has 0 spiro atoms. The molecule has 2 aromatic rings. The number of hydrogen-bond acceptors (Lipinski definition) is 3. The molecular weight excluding hydrogens is 256 g/mol. The Balaban J connectivity index is 2.33. The van der Waals surface area contributed by atoms with Crippen molar-refractivity contribution in [2.24, 2.45) is 0 Å². The van der Waals surface area contributed by atoms with Gasteiger partial charge in [-0.05, 0) is 25.1 Å². The van der Waals surface area contributed by atoms with E-state index in [-0.39, 0.29) is 5.82 Å². The van der Waals surface area contributed by atoms with E-state index in [0.717, 1.165) is 5.56 Å². The van der Waals surface area contributed by atoms with Crippen LogP contribution in [0.25, 0.3) is 11.3 Å². The molecule has 2 N–H and O–H groups in total. The van der Waals surface area contributed by atoms with Gasteiger partial charge in [-0.1, -0.05) is 11.6 Å². The van der Waals surface area contributed by atoms with Crippen LogP contribution >= 0.6 is 11.6 Å². The predicted molar refractivity (Wildman–Crippen MR) is 67.2 cm³/mol. The summed E-state index contributed by atoms with van der Waals surface area (Å²) in [7, 11) is 0. The summed E-state index contributed by atoms with van der Waals surface area (Å²) in [5, 5.41) is 9.25. The monoisotopic (exact) mass is 266 g/mol. The number of hydrogen-bond donors (Lipinski definition) is 2. The molecule has 6 heteroatoms. The highest BCUT2D eigenvalue weighted by molar-refractivity contribution is 6.32. The van der Waals surface area contributed by atoms with Gasteiger partial charge in [-0.25, -0.2) is 9.78 Å². The van der Waals surface area contributed by atoms with Crippen molar-refractivity contribution in [1.82, 2.24) is 9.97 Å². The number of ether oxygens (including phenoxy) is 1. The molecule has 0 aliphatic heterocycles. The second kappa shape index (κ2) is 5.10. The SMILES string of the molecule is CCOc1ccc(-c2cnc(C(=O)O)[nH]2)cc1Cl. The molecular formula is C12H11ClN2O3. The van der Waals surface area contributed by atoms with E-state index < -0.39 is 5.97 Å². The van der Waals surface area contributed by atoms with Crippen LogP contribution in [0.2, 0.25) is 5.02 Å². The van der Waals surface area contributed by atoms with Gasteiger partial charge in [0.25, 0.3) is 0 Å². The standard InChI is InChI=1S/C12H11ClN2O3/c1-2-18-10-4-3-7(5-8(10)13)9-6-14-11(15-9)12(16)17/h3-6H,2H2,1H3,(H,14,15)(H,16,17). The van der Waals surface area contributed by atoms with Gasteiger partial charge in [0.2, 0.25) is 5.82 Å². The minimum atomic E-state index is -1.10. The number of nitrogens with one attached hydrogen (secondary N) is 1. The number of carboxylic acid groups (broad SMARTS) is 1. The molecule has 0 aliphatic carbocycles. The van der Waals surface area contributed by atoms with Crippen LogP contribution in [0.15, 0.2) is 24.4 Å². The summed E-state index contributed by atoms with van der Waals surface area (Å²) in [5.74, 6) is -0.603. The molecule has 0 saturated heterocycles. The first-order valence-corrected chi connectivity index (χ1v) is 5.70. The summed E-state index contributed by atoms with van der Waals surface area (Å²) in [6, 6.07) is 5.23. The second-order valence-corrected chi connectivity index (χ2v) is 3.94. The van der Waals surface area contributed by atoms with Gasteiger partial charge < -0.3 is 14.8 Å². The number of halogens is 1. The van der Waals surface area contributed by atoms with Crippen molar-refractivity contribution in [1.29, 1.82) is 0 Å². The van der Waals surface area contributed by atoms with Crippen LogP contribution in [-0.4, -0.2) is 27.7 Å². The third-order valence-electron chi connectivity index (χ3n) is 2.32. The zero-order chi connectivity index (χ0) is 13.1. The second-order valence-electron chi connectivity index (χ2n) is 3.53. The molecule has 0 amide bonds. The Hall–Kier alpha value is -2.01. The first-order valence-electron chi connectivity index (χ1n) is 5.33. The largest absolute Gasteiger partial charge is 0.492 e. The third-order valence-corrected chi connectivity index (χ3v) is 2.62. The summed E-state index contributed by atoms with van der Waals surface area (Å²) >= 11 is 6.05. The lowest BCUT2D eigenvalue weighted by Gasteiger charge is -2.06. The fourth-order valence-corrected chi connectivity index (χ4v) is 1.75. The molecule has 0 unspecified atom stereocenters. The molecule has 1 aromatic heterocycles. The van der Waals surface area contributed by atoms with E-state index >= 15 is 0 Å². The number of benzene rings is 1. The van der Waals surface area contributed by atoms with Crippen molar-refractivity contribution < 1.29 is 14.6 Å². The Bertz CT molecular complexity index is 580. The third kappa shape index (κ3) is 2.46. The number of carboxylic acids is 1. The summed E-state index contributed by atoms with van der Waals surface area (Å²) in [5.41, 5.74) is 1.35. The molecule has 94 valence electrons. The normalized spacial score (nSPS) is 10.3. The van der Waals surface area contributed by atoms with Crippen molar-refractivity contribution in [3.05, 3.63) is 35.2 Å². The fourth-order valence-electron chi connectivity index (χ4n) is 1.52. The van der Waals surface area contributed by atoms with Crippen LogP contribution in [0, 0.1) is 0 Å². The van der Waals surface area contributed by atoms with Gasteiger partial charge in [0.15, 0.2) is 0 Å². The molecule has 1 heterocycles. The van der Waals surface area contributed by atoms with Gasteiger partial charge in [-0.2, -0.15) is 0 Å². The van der Waals surface area contributed by atoms with Crippen molar-refractivity contribution in [2.45, 2.75) is 6.92 Å². The highest BCUT2D eigenvalue weighted by Crippen LogP contribution is 2.29. The highest BCUT2D eigenvalue weighted by atomic mass is 35.5. The predicted octanol–water partition coefficient (Wildman–Crippen LogP) is 2.83. The maximum Gasteiger partial charge on any atom is 0.371 e. The highest BCUT2D eigenvalue weighted by Gasteiger charge is 2.10. The fraction of sp³-hybridized carbons (Fsp3) is 0.167. The zero-order valence-corrected chi connectivity index (χ0v) is 10.4. The number of aromatic amines is 1. The number of aromatic carboxylic acids is 1. The van der Waals surface area contributed by atoms with E-state index in [9.17, 15) is 4.79 Å². The molecule has 0 radical (unpaired) electrons. The van der Waals surface area contributed by atoms with Crippen LogP contribution in [0.5, 0.6) is 5.75 Å². The number of imidazole rings is 1. The van der Waals surface area contributed by atoms with E-state index in [1.165, 1.54) is 6.20 Å². The molecule has 2 rings (SSSR count). The van der Waals surface area contributed by atoms with E-state index in [1.54, 1.807) is 18.2 Å². The van der Waals surface area contributed by atoms with Gasteiger partial charge in [0.05, 0.1) is 23.5 Å². The number of aromatic nitrogens is 2. The molecule has 18 heavy (non-hydrogen) atoms. The van der Waals surface area contributed by atoms with Crippen molar-refractivity contribution >= 4 is 17.6 Å². The average molecular weight is 267 g/mol. The smallest absolute Gasteiger partial charge is 0.371 e. The lowest BCUT2D eigenvalue weighted by atomic mass is 10.1. The number of carbonyl (C=O) groups is 1. The Morgan fingerprint density at radius 1 is 1.56 bits per heavy atom. The van der Waals surface area contributed by atoms with Gasteiger partial charge in [0.1, 0.15) is 5.75 Å². The van der Waals surface area contributed by atoms with Crippen LogP contribution < -0.4 is 4.74 Å². The molecule has 1 aromatic carbocycles. The molecule has 0 atom stereocenters. The van der Waals surface area contributed by atoms with Crippen LogP contribution in [0.1, 0.15) is 17.5 Å². The first kappa shape index (κ1) is 12.4. The molecule has 0 saturated carbocycles. The van der Waals surface area contributed by atoms with Crippen LogP contribution in [0.3, 0.4) is 0 Å². The van der Waals surface area contributed by atoms with Crippen molar-refractivity contribution in [3.8, 4) is 17.0 Å². The Kier molecular flexibility index (Phi) is 3.53. The van der Waals surface area contributed by atoms with E-state index in [1.807, 2.05) is 6.92 Å². The van der Waals surface area contributed by atoms with E-state index in [0.29, 0.717) is 23.1 Å². The first-order chi connectivity index (χ1) is 8.61. The lowest BCUT2D eigenvalue weighted by molar-refractivity contribution is 0.0685. The van der Waals surface area contributed by atoms with Crippen LogP contribution in [-0.2, 0) is 0 Å². The van der Waals surface area contributed by atoms with Crippen molar-refractivity contribution in [2.75, 3.05) is 6.61 Å². The minimum Gasteiger partial charge on any atom is -0.492 e. The lowest BCUT2D eigenvalue weighted by Crippen LogP contribution is -1.98. The van der Waals surface area contributed by atoms with Gasteiger partial charge in [-0.15, -0.1) is 0 Å². The van der Waals surface area contributed by atoms with E-state index in [4.69, 9.17) is 21.4 Å². The summed E-state index contributed by atoms with van der Waals surface area (Å²) < 4.78 is 5.32.